The molecule has 0 saturated heterocycles. The molecule has 18 heavy (non-hydrogen) atoms. The number of nitrogens with one attached hydrogen (secondary N) is 1. The molecule has 0 radical (unpaired) electrons. The Hall–Kier alpha value is -1.90. The molecule has 0 heterocycles. The Morgan fingerprint density at radius 1 is 1.00 bits per heavy atom. The fourth-order valence-electron chi connectivity index (χ4n) is 2.03. The number of rotatable bonds is 3. The van der Waals surface area contributed by atoms with Crippen LogP contribution in [-0.4, -0.2) is 7.05 Å². The Morgan fingerprint density at radius 3 is 2.22 bits per heavy atom. The molecule has 0 aliphatic heterocycles. The maximum Gasteiger partial charge on any atom is 0.263 e. The van der Waals surface area contributed by atoms with Crippen molar-refractivity contribution in [1.29, 1.82) is 0 Å². The smallest absolute Gasteiger partial charge is 0.263 e. The van der Waals surface area contributed by atoms with Gasteiger partial charge in [0.1, 0.15) is 0 Å². The molecule has 0 amide bonds. The molecule has 0 atom stereocenters. The molecular formula is C15H15F2N. The molecule has 0 saturated carbocycles. The largest absolute Gasteiger partial charge is 0.388 e. The normalized spacial score (nSPS) is 10.7. The minimum absolute atomic E-state index is 0.0566. The van der Waals surface area contributed by atoms with Gasteiger partial charge in [0.05, 0.1) is 0 Å². The summed E-state index contributed by atoms with van der Waals surface area (Å²) in [6, 6.07) is 12.4. The van der Waals surface area contributed by atoms with Crippen molar-refractivity contribution in [3.8, 4) is 11.1 Å². The highest BCUT2D eigenvalue weighted by Gasteiger charge is 2.08. The van der Waals surface area contributed by atoms with Gasteiger partial charge >= 0.3 is 0 Å². The summed E-state index contributed by atoms with van der Waals surface area (Å²) in [4.78, 5) is 0. The second-order valence-corrected chi connectivity index (χ2v) is 4.15. The summed E-state index contributed by atoms with van der Waals surface area (Å²) in [6.45, 7) is 2.02. The molecule has 0 aliphatic carbocycles. The van der Waals surface area contributed by atoms with E-state index >= 15 is 0 Å². The van der Waals surface area contributed by atoms with Crippen molar-refractivity contribution in [3.05, 3.63) is 53.6 Å². The number of benzene rings is 2. The summed E-state index contributed by atoms with van der Waals surface area (Å²) in [7, 11) is 1.87. The van der Waals surface area contributed by atoms with E-state index in [0.29, 0.717) is 0 Å². The zero-order chi connectivity index (χ0) is 13.1. The van der Waals surface area contributed by atoms with Crippen LogP contribution in [-0.2, 0) is 0 Å². The van der Waals surface area contributed by atoms with Crippen LogP contribution in [0.15, 0.2) is 42.5 Å². The third kappa shape index (κ3) is 2.35. The van der Waals surface area contributed by atoms with Crippen LogP contribution >= 0.6 is 0 Å². The topological polar surface area (TPSA) is 12.0 Å². The first kappa shape index (κ1) is 12.6. The van der Waals surface area contributed by atoms with E-state index in [1.165, 1.54) is 12.1 Å². The predicted molar refractivity (Wildman–Crippen MR) is 71.1 cm³/mol. The second-order valence-electron chi connectivity index (χ2n) is 4.15. The fraction of sp³-hybridized carbons (Fsp3) is 0.200. The molecule has 3 heteroatoms. The molecule has 0 fully saturated rings. The van der Waals surface area contributed by atoms with Crippen LogP contribution in [0.2, 0.25) is 0 Å². The summed E-state index contributed by atoms with van der Waals surface area (Å²) < 4.78 is 25.0. The van der Waals surface area contributed by atoms with Crippen LogP contribution < -0.4 is 5.32 Å². The molecule has 94 valence electrons. The average molecular weight is 247 g/mol. The quantitative estimate of drug-likeness (QED) is 0.833. The number of alkyl halides is 2. The number of halogens is 2. The Bertz CT molecular complexity index is 533. The van der Waals surface area contributed by atoms with Gasteiger partial charge in [0.2, 0.25) is 0 Å². The van der Waals surface area contributed by atoms with Gasteiger partial charge in [-0.05, 0) is 29.7 Å². The molecule has 2 rings (SSSR count). The van der Waals surface area contributed by atoms with Gasteiger partial charge in [-0.3, -0.25) is 0 Å². The van der Waals surface area contributed by atoms with Crippen molar-refractivity contribution in [3.63, 3.8) is 0 Å². The van der Waals surface area contributed by atoms with Crippen LogP contribution in [0.3, 0.4) is 0 Å². The fourth-order valence-corrected chi connectivity index (χ4v) is 2.03. The van der Waals surface area contributed by atoms with E-state index in [1.54, 1.807) is 12.1 Å². The standard InChI is InChI=1S/C15H15F2N/c1-10-13(4-3-5-14(10)18-2)11-6-8-12(9-7-11)15(16)17/h3-9,15,18H,1-2H3. The summed E-state index contributed by atoms with van der Waals surface area (Å²) in [5.41, 5.74) is 4.23. The Labute approximate surface area is 105 Å². The van der Waals surface area contributed by atoms with E-state index < -0.39 is 6.43 Å². The Kier molecular flexibility index (Phi) is 3.60. The zero-order valence-electron chi connectivity index (χ0n) is 10.4. The van der Waals surface area contributed by atoms with Crippen molar-refractivity contribution in [2.75, 3.05) is 12.4 Å². The molecular weight excluding hydrogens is 232 g/mol. The average Bonchev–Trinajstić information content (AvgIpc) is 2.39. The summed E-state index contributed by atoms with van der Waals surface area (Å²) in [5, 5.41) is 3.12. The highest BCUT2D eigenvalue weighted by molar-refractivity contribution is 5.73. The first-order chi connectivity index (χ1) is 8.63. The molecule has 0 spiro atoms. The van der Waals surface area contributed by atoms with Gasteiger partial charge in [-0.15, -0.1) is 0 Å². The van der Waals surface area contributed by atoms with Crippen molar-refractivity contribution in [2.24, 2.45) is 0 Å². The lowest BCUT2D eigenvalue weighted by Crippen LogP contribution is -1.93. The molecule has 0 bridgehead atoms. The van der Waals surface area contributed by atoms with E-state index in [2.05, 4.69) is 5.32 Å². The van der Waals surface area contributed by atoms with Crippen LogP contribution in [0.1, 0.15) is 17.6 Å². The van der Waals surface area contributed by atoms with Crippen molar-refractivity contribution < 1.29 is 8.78 Å². The predicted octanol–water partition coefficient (Wildman–Crippen LogP) is 4.64. The zero-order valence-corrected chi connectivity index (χ0v) is 10.4. The van der Waals surface area contributed by atoms with Crippen LogP contribution in [0, 0.1) is 6.92 Å². The van der Waals surface area contributed by atoms with E-state index in [1.807, 2.05) is 32.2 Å². The lowest BCUT2D eigenvalue weighted by atomic mass is 9.98. The SMILES string of the molecule is CNc1cccc(-c2ccc(C(F)F)cc2)c1C. The molecule has 1 nitrogen and oxygen atoms in total. The third-order valence-electron chi connectivity index (χ3n) is 3.08. The van der Waals surface area contributed by atoms with Gasteiger partial charge in [-0.1, -0.05) is 36.4 Å². The monoisotopic (exact) mass is 247 g/mol. The van der Waals surface area contributed by atoms with Gasteiger partial charge < -0.3 is 5.32 Å². The molecule has 2 aromatic carbocycles. The van der Waals surface area contributed by atoms with E-state index in [9.17, 15) is 8.78 Å². The maximum atomic E-state index is 12.5. The molecule has 2 aromatic rings. The van der Waals surface area contributed by atoms with Gasteiger partial charge in [-0.2, -0.15) is 0 Å². The Balaban J connectivity index is 2.43. The van der Waals surface area contributed by atoms with Crippen molar-refractivity contribution >= 4 is 5.69 Å². The second kappa shape index (κ2) is 5.17. The molecule has 0 unspecified atom stereocenters. The van der Waals surface area contributed by atoms with E-state index in [4.69, 9.17) is 0 Å². The van der Waals surface area contributed by atoms with Gasteiger partial charge in [0, 0.05) is 18.3 Å². The third-order valence-corrected chi connectivity index (χ3v) is 3.08. The molecule has 0 aliphatic rings. The summed E-state index contributed by atoms with van der Waals surface area (Å²) in [6.07, 6.45) is -2.41. The number of hydrogen-bond acceptors (Lipinski definition) is 1. The van der Waals surface area contributed by atoms with Crippen molar-refractivity contribution in [1.82, 2.24) is 0 Å². The number of hydrogen-bond donors (Lipinski definition) is 1. The van der Waals surface area contributed by atoms with Crippen LogP contribution in [0.25, 0.3) is 11.1 Å². The molecule has 0 aromatic heterocycles. The van der Waals surface area contributed by atoms with E-state index in [-0.39, 0.29) is 5.56 Å². The lowest BCUT2D eigenvalue weighted by Gasteiger charge is -2.11. The first-order valence-corrected chi connectivity index (χ1v) is 5.79. The van der Waals surface area contributed by atoms with E-state index in [0.717, 1.165) is 22.4 Å². The summed E-state index contributed by atoms with van der Waals surface area (Å²) in [5.74, 6) is 0. The van der Waals surface area contributed by atoms with Gasteiger partial charge in [-0.25, -0.2) is 8.78 Å². The van der Waals surface area contributed by atoms with Gasteiger partial charge in [0.25, 0.3) is 6.43 Å². The first-order valence-electron chi connectivity index (χ1n) is 5.79. The maximum absolute atomic E-state index is 12.5. The molecule has 1 N–H and O–H groups in total. The van der Waals surface area contributed by atoms with Crippen molar-refractivity contribution in [2.45, 2.75) is 13.3 Å². The van der Waals surface area contributed by atoms with Crippen LogP contribution in [0.4, 0.5) is 14.5 Å². The van der Waals surface area contributed by atoms with Crippen LogP contribution in [0.5, 0.6) is 0 Å². The highest BCUT2D eigenvalue weighted by Crippen LogP contribution is 2.29. The van der Waals surface area contributed by atoms with Gasteiger partial charge in [0.15, 0.2) is 0 Å². The minimum atomic E-state index is -2.41. The minimum Gasteiger partial charge on any atom is -0.388 e. The highest BCUT2D eigenvalue weighted by atomic mass is 19.3. The summed E-state index contributed by atoms with van der Waals surface area (Å²) >= 11 is 0. The lowest BCUT2D eigenvalue weighted by molar-refractivity contribution is 0.151. The number of anilines is 1. The Morgan fingerprint density at radius 2 is 1.67 bits per heavy atom.